The highest BCUT2D eigenvalue weighted by atomic mass is 35.5. The molecule has 0 aliphatic carbocycles. The number of anilines is 1. The van der Waals surface area contributed by atoms with E-state index < -0.39 is 0 Å². The fraction of sp³-hybridized carbons (Fsp3) is 0.214. The SMILES string of the molecule is CCNc1nc(-c2ccccc2OC)c(Cl)cc1Cl. The number of pyridine rings is 1. The molecule has 0 aliphatic rings. The molecule has 2 rings (SSSR count). The zero-order chi connectivity index (χ0) is 13.8. The number of aromatic nitrogens is 1. The highest BCUT2D eigenvalue weighted by Crippen LogP contribution is 2.36. The van der Waals surface area contributed by atoms with Crippen molar-refractivity contribution in [3.63, 3.8) is 0 Å². The van der Waals surface area contributed by atoms with Crippen LogP contribution in [-0.2, 0) is 0 Å². The topological polar surface area (TPSA) is 34.2 Å². The molecule has 0 atom stereocenters. The smallest absolute Gasteiger partial charge is 0.145 e. The van der Waals surface area contributed by atoms with Crippen LogP contribution < -0.4 is 10.1 Å². The van der Waals surface area contributed by atoms with E-state index in [4.69, 9.17) is 27.9 Å². The predicted octanol–water partition coefficient (Wildman–Crippen LogP) is 4.50. The summed E-state index contributed by atoms with van der Waals surface area (Å²) in [6.45, 7) is 2.72. The summed E-state index contributed by atoms with van der Waals surface area (Å²) in [5, 5.41) is 4.11. The van der Waals surface area contributed by atoms with Gasteiger partial charge < -0.3 is 10.1 Å². The van der Waals surface area contributed by atoms with Gasteiger partial charge in [-0.2, -0.15) is 0 Å². The van der Waals surface area contributed by atoms with E-state index in [1.807, 2.05) is 31.2 Å². The molecule has 0 saturated heterocycles. The number of ether oxygens (including phenoxy) is 1. The molecule has 1 aromatic heterocycles. The second-order valence-corrected chi connectivity index (χ2v) is 4.69. The lowest BCUT2D eigenvalue weighted by atomic mass is 10.1. The van der Waals surface area contributed by atoms with Crippen molar-refractivity contribution in [2.45, 2.75) is 6.92 Å². The number of nitrogens with zero attached hydrogens (tertiary/aromatic N) is 1. The quantitative estimate of drug-likeness (QED) is 0.902. The van der Waals surface area contributed by atoms with E-state index in [0.717, 1.165) is 17.9 Å². The van der Waals surface area contributed by atoms with Crippen molar-refractivity contribution >= 4 is 29.0 Å². The number of rotatable bonds is 4. The average Bonchev–Trinajstić information content (AvgIpc) is 2.42. The van der Waals surface area contributed by atoms with Crippen LogP contribution in [0.25, 0.3) is 11.3 Å². The summed E-state index contributed by atoms with van der Waals surface area (Å²) in [5.41, 5.74) is 1.49. The van der Waals surface area contributed by atoms with E-state index in [1.54, 1.807) is 13.2 Å². The largest absolute Gasteiger partial charge is 0.496 e. The summed E-state index contributed by atoms with van der Waals surface area (Å²) in [7, 11) is 1.62. The van der Waals surface area contributed by atoms with Gasteiger partial charge in [0, 0.05) is 12.1 Å². The molecule has 0 amide bonds. The molecule has 2 aromatic rings. The maximum atomic E-state index is 6.23. The van der Waals surface area contributed by atoms with Gasteiger partial charge in [0.25, 0.3) is 0 Å². The summed E-state index contributed by atoms with van der Waals surface area (Å²) in [6, 6.07) is 9.29. The van der Waals surface area contributed by atoms with Gasteiger partial charge >= 0.3 is 0 Å². The third-order valence-electron chi connectivity index (χ3n) is 2.64. The maximum Gasteiger partial charge on any atom is 0.145 e. The van der Waals surface area contributed by atoms with Gasteiger partial charge in [-0.15, -0.1) is 0 Å². The van der Waals surface area contributed by atoms with E-state index in [0.29, 0.717) is 21.6 Å². The third kappa shape index (κ3) is 2.94. The maximum absolute atomic E-state index is 6.23. The van der Waals surface area contributed by atoms with Crippen molar-refractivity contribution in [3.05, 3.63) is 40.4 Å². The molecule has 0 radical (unpaired) electrons. The number of benzene rings is 1. The van der Waals surface area contributed by atoms with E-state index in [-0.39, 0.29) is 0 Å². The van der Waals surface area contributed by atoms with Gasteiger partial charge in [-0.1, -0.05) is 35.3 Å². The zero-order valence-electron chi connectivity index (χ0n) is 10.7. The molecule has 0 aliphatic heterocycles. The molecule has 0 bridgehead atoms. The summed E-state index contributed by atoms with van der Waals surface area (Å²) in [5.74, 6) is 1.34. The zero-order valence-corrected chi connectivity index (χ0v) is 12.2. The van der Waals surface area contributed by atoms with E-state index in [1.165, 1.54) is 0 Å². The van der Waals surface area contributed by atoms with E-state index >= 15 is 0 Å². The summed E-state index contributed by atoms with van der Waals surface area (Å²) in [4.78, 5) is 4.49. The number of para-hydroxylation sites is 1. The standard InChI is InChI=1S/C14H14Cl2N2O/c1-3-17-14-11(16)8-10(15)13(18-14)9-6-4-5-7-12(9)19-2/h4-8H,3H2,1-2H3,(H,17,18). The number of hydrogen-bond donors (Lipinski definition) is 1. The van der Waals surface area contributed by atoms with Gasteiger partial charge in [-0.3, -0.25) is 0 Å². The number of halogens is 2. The molecule has 1 N–H and O–H groups in total. The minimum absolute atomic E-state index is 0.496. The highest BCUT2D eigenvalue weighted by molar-refractivity contribution is 6.37. The molecule has 0 saturated carbocycles. The first-order valence-electron chi connectivity index (χ1n) is 5.90. The van der Waals surface area contributed by atoms with Gasteiger partial charge in [-0.05, 0) is 25.1 Å². The number of hydrogen-bond acceptors (Lipinski definition) is 3. The van der Waals surface area contributed by atoms with Crippen LogP contribution in [0.2, 0.25) is 10.0 Å². The van der Waals surface area contributed by atoms with Crippen molar-refractivity contribution < 1.29 is 4.74 Å². The van der Waals surface area contributed by atoms with Crippen LogP contribution in [-0.4, -0.2) is 18.6 Å². The second-order valence-electron chi connectivity index (χ2n) is 3.88. The van der Waals surface area contributed by atoms with E-state index in [9.17, 15) is 0 Å². The third-order valence-corrected chi connectivity index (χ3v) is 3.21. The Morgan fingerprint density at radius 3 is 2.63 bits per heavy atom. The molecule has 5 heteroatoms. The highest BCUT2D eigenvalue weighted by Gasteiger charge is 2.14. The lowest BCUT2D eigenvalue weighted by Crippen LogP contribution is -2.01. The molecule has 0 unspecified atom stereocenters. The molecule has 1 heterocycles. The Morgan fingerprint density at radius 2 is 1.95 bits per heavy atom. The van der Waals surface area contributed by atoms with Gasteiger partial charge in [0.15, 0.2) is 0 Å². The van der Waals surface area contributed by atoms with Gasteiger partial charge in [0.05, 0.1) is 22.8 Å². The van der Waals surface area contributed by atoms with Crippen LogP contribution in [0.1, 0.15) is 6.92 Å². The average molecular weight is 297 g/mol. The molecule has 3 nitrogen and oxygen atoms in total. The lowest BCUT2D eigenvalue weighted by molar-refractivity contribution is 0.416. The summed E-state index contributed by atoms with van der Waals surface area (Å²) >= 11 is 12.3. The van der Waals surface area contributed by atoms with Gasteiger partial charge in [0.1, 0.15) is 11.6 Å². The van der Waals surface area contributed by atoms with Crippen molar-refractivity contribution in [1.82, 2.24) is 4.98 Å². The van der Waals surface area contributed by atoms with Gasteiger partial charge in [0.2, 0.25) is 0 Å². The number of methoxy groups -OCH3 is 1. The Balaban J connectivity index is 2.58. The predicted molar refractivity (Wildman–Crippen MR) is 80.4 cm³/mol. The Kier molecular flexibility index (Phi) is 4.51. The molecule has 19 heavy (non-hydrogen) atoms. The first kappa shape index (κ1) is 14.0. The second kappa shape index (κ2) is 6.13. The minimum atomic E-state index is 0.496. The first-order valence-corrected chi connectivity index (χ1v) is 6.66. The lowest BCUT2D eigenvalue weighted by Gasteiger charge is -2.12. The van der Waals surface area contributed by atoms with Crippen molar-refractivity contribution in [2.24, 2.45) is 0 Å². The van der Waals surface area contributed by atoms with Crippen LogP contribution >= 0.6 is 23.2 Å². The van der Waals surface area contributed by atoms with Crippen LogP contribution in [0.3, 0.4) is 0 Å². The Labute approximate surface area is 122 Å². The van der Waals surface area contributed by atoms with Gasteiger partial charge in [-0.25, -0.2) is 4.98 Å². The molecular weight excluding hydrogens is 283 g/mol. The van der Waals surface area contributed by atoms with Crippen LogP contribution in [0.5, 0.6) is 5.75 Å². The molecule has 0 spiro atoms. The normalized spacial score (nSPS) is 10.3. The Bertz CT molecular complexity index is 588. The first-order chi connectivity index (χ1) is 9.17. The Hall–Kier alpha value is -1.45. The molecule has 0 fully saturated rings. The van der Waals surface area contributed by atoms with Crippen molar-refractivity contribution in [2.75, 3.05) is 19.0 Å². The summed E-state index contributed by atoms with van der Waals surface area (Å²) < 4.78 is 5.33. The van der Waals surface area contributed by atoms with Crippen molar-refractivity contribution in [3.8, 4) is 17.0 Å². The minimum Gasteiger partial charge on any atom is -0.496 e. The Morgan fingerprint density at radius 1 is 1.21 bits per heavy atom. The van der Waals surface area contributed by atoms with E-state index in [2.05, 4.69) is 10.3 Å². The van der Waals surface area contributed by atoms with Crippen LogP contribution in [0, 0.1) is 0 Å². The molecular formula is C14H14Cl2N2O. The van der Waals surface area contributed by atoms with Crippen molar-refractivity contribution in [1.29, 1.82) is 0 Å². The monoisotopic (exact) mass is 296 g/mol. The molecule has 100 valence electrons. The molecule has 1 aromatic carbocycles. The summed E-state index contributed by atoms with van der Waals surface area (Å²) in [6.07, 6.45) is 0. The van der Waals surface area contributed by atoms with Crippen LogP contribution in [0.15, 0.2) is 30.3 Å². The fourth-order valence-corrected chi connectivity index (χ4v) is 2.31. The number of nitrogens with one attached hydrogen (secondary N) is 1. The van der Waals surface area contributed by atoms with Crippen LogP contribution in [0.4, 0.5) is 5.82 Å². The fourth-order valence-electron chi connectivity index (χ4n) is 1.79.